The molecular formula is C51H34N4O. The van der Waals surface area contributed by atoms with Crippen LogP contribution in [0, 0.1) is 0 Å². The predicted molar refractivity (Wildman–Crippen MR) is 231 cm³/mol. The maximum atomic E-state index is 6.39. The maximum absolute atomic E-state index is 6.39. The summed E-state index contributed by atoms with van der Waals surface area (Å²) in [6.45, 7) is 0. The number of hydrogen-bond donors (Lipinski definition) is 1. The standard InChI is InChI=1S/C51H34N4O/c1-4-15-33(16-5-1)35-19-14-20-37(29-35)50-52-49(34-17-6-2-7-18-34)53-51(54-50)44-31-38(36-27-28-42-41-24-11-13-26-46(41)56-47(42)32-36)30-43-40-23-10-12-25-45(40)55(48(43)44)39-21-8-3-9-22-39/h1-32,50H,(H,52,53,54). The van der Waals surface area contributed by atoms with Crippen LogP contribution in [-0.4, -0.2) is 16.2 Å². The van der Waals surface area contributed by atoms with Gasteiger partial charge in [-0.15, -0.1) is 0 Å². The van der Waals surface area contributed by atoms with Gasteiger partial charge in [-0.25, -0.2) is 9.98 Å². The maximum Gasteiger partial charge on any atom is 0.161 e. The Hall–Kier alpha value is -7.50. The Kier molecular flexibility index (Phi) is 7.49. The lowest BCUT2D eigenvalue weighted by molar-refractivity contribution is 0.669. The van der Waals surface area contributed by atoms with Crippen LogP contribution < -0.4 is 5.32 Å². The number of benzene rings is 8. The average Bonchev–Trinajstić information content (AvgIpc) is 3.82. The molecule has 1 atom stereocenters. The van der Waals surface area contributed by atoms with Gasteiger partial charge in [0.25, 0.3) is 0 Å². The molecule has 0 bridgehead atoms. The van der Waals surface area contributed by atoms with Gasteiger partial charge in [-0.2, -0.15) is 0 Å². The Balaban J connectivity index is 1.19. The molecule has 1 N–H and O–H groups in total. The third-order valence-electron chi connectivity index (χ3n) is 10.8. The topological polar surface area (TPSA) is 54.8 Å². The third-order valence-corrected chi connectivity index (χ3v) is 10.8. The second kappa shape index (κ2) is 13.1. The summed E-state index contributed by atoms with van der Waals surface area (Å²) in [6.07, 6.45) is -0.387. The highest BCUT2D eigenvalue weighted by molar-refractivity contribution is 6.22. The van der Waals surface area contributed by atoms with Crippen LogP contribution in [0.25, 0.3) is 71.7 Å². The number of amidine groups is 2. The molecule has 264 valence electrons. The molecule has 0 radical (unpaired) electrons. The number of aliphatic imine (C=N–C) groups is 2. The lowest BCUT2D eigenvalue weighted by atomic mass is 9.97. The summed E-state index contributed by atoms with van der Waals surface area (Å²) in [7, 11) is 0. The number of para-hydroxylation sites is 3. The molecule has 1 unspecified atom stereocenters. The first kappa shape index (κ1) is 32.0. The van der Waals surface area contributed by atoms with Crippen molar-refractivity contribution in [3.05, 3.63) is 211 Å². The Labute approximate surface area is 323 Å². The summed E-state index contributed by atoms with van der Waals surface area (Å²) in [4.78, 5) is 10.9. The highest BCUT2D eigenvalue weighted by Crippen LogP contribution is 2.40. The van der Waals surface area contributed by atoms with Crippen LogP contribution in [0.5, 0.6) is 0 Å². The van der Waals surface area contributed by atoms with Crippen LogP contribution in [0.2, 0.25) is 0 Å². The summed E-state index contributed by atoms with van der Waals surface area (Å²) in [5.74, 6) is 1.43. The fourth-order valence-electron chi connectivity index (χ4n) is 8.19. The van der Waals surface area contributed by atoms with Crippen molar-refractivity contribution in [1.82, 2.24) is 9.88 Å². The van der Waals surface area contributed by atoms with Gasteiger partial charge < -0.3 is 14.3 Å². The molecule has 0 aliphatic carbocycles. The quantitative estimate of drug-likeness (QED) is 0.186. The van der Waals surface area contributed by atoms with E-state index in [-0.39, 0.29) is 6.17 Å². The van der Waals surface area contributed by atoms with E-state index in [9.17, 15) is 0 Å². The molecule has 11 rings (SSSR count). The number of rotatable bonds is 6. The minimum absolute atomic E-state index is 0.387. The van der Waals surface area contributed by atoms with Gasteiger partial charge in [0.1, 0.15) is 23.2 Å². The molecule has 2 aromatic heterocycles. The monoisotopic (exact) mass is 718 g/mol. The summed E-state index contributed by atoms with van der Waals surface area (Å²) in [5.41, 5.74) is 12.4. The second-order valence-corrected chi connectivity index (χ2v) is 14.2. The number of fused-ring (bicyclic) bond motifs is 6. The smallest absolute Gasteiger partial charge is 0.161 e. The van der Waals surface area contributed by atoms with Gasteiger partial charge in [-0.1, -0.05) is 140 Å². The van der Waals surface area contributed by atoms with Crippen molar-refractivity contribution in [3.8, 4) is 27.9 Å². The molecule has 10 aromatic rings. The lowest BCUT2D eigenvalue weighted by Gasteiger charge is -2.25. The van der Waals surface area contributed by atoms with Crippen molar-refractivity contribution in [2.45, 2.75) is 6.17 Å². The number of aromatic nitrogens is 1. The van der Waals surface area contributed by atoms with Crippen molar-refractivity contribution in [2.24, 2.45) is 9.98 Å². The van der Waals surface area contributed by atoms with Crippen molar-refractivity contribution >= 4 is 55.4 Å². The van der Waals surface area contributed by atoms with Gasteiger partial charge in [0, 0.05) is 38.4 Å². The second-order valence-electron chi connectivity index (χ2n) is 14.2. The molecule has 0 saturated heterocycles. The predicted octanol–water partition coefficient (Wildman–Crippen LogP) is 12.5. The zero-order valence-electron chi connectivity index (χ0n) is 30.3. The van der Waals surface area contributed by atoms with Crippen molar-refractivity contribution in [2.75, 3.05) is 0 Å². The zero-order chi connectivity index (χ0) is 37.0. The molecule has 5 heteroatoms. The van der Waals surface area contributed by atoms with Gasteiger partial charge >= 0.3 is 0 Å². The van der Waals surface area contributed by atoms with Gasteiger partial charge in [0.2, 0.25) is 0 Å². The van der Waals surface area contributed by atoms with E-state index >= 15 is 0 Å². The van der Waals surface area contributed by atoms with E-state index in [2.05, 4.69) is 180 Å². The van der Waals surface area contributed by atoms with Crippen LogP contribution in [0.4, 0.5) is 0 Å². The number of furan rings is 1. The van der Waals surface area contributed by atoms with Gasteiger partial charge in [0.05, 0.1) is 11.0 Å². The van der Waals surface area contributed by atoms with E-state index in [1.807, 2.05) is 24.3 Å². The molecule has 0 amide bonds. The molecule has 1 aliphatic rings. The molecule has 56 heavy (non-hydrogen) atoms. The van der Waals surface area contributed by atoms with Crippen molar-refractivity contribution in [3.63, 3.8) is 0 Å². The van der Waals surface area contributed by atoms with Crippen molar-refractivity contribution < 1.29 is 4.42 Å². The van der Waals surface area contributed by atoms with Gasteiger partial charge in [0.15, 0.2) is 5.84 Å². The Morgan fingerprint density at radius 2 is 1.12 bits per heavy atom. The Morgan fingerprint density at radius 3 is 1.95 bits per heavy atom. The van der Waals surface area contributed by atoms with Crippen LogP contribution in [-0.2, 0) is 0 Å². The van der Waals surface area contributed by atoms with Gasteiger partial charge in [-0.3, -0.25) is 0 Å². The molecule has 0 saturated carbocycles. The molecular weight excluding hydrogens is 685 g/mol. The van der Waals surface area contributed by atoms with E-state index in [0.717, 1.165) is 94.2 Å². The van der Waals surface area contributed by atoms with Crippen molar-refractivity contribution in [1.29, 1.82) is 0 Å². The highest BCUT2D eigenvalue weighted by atomic mass is 16.3. The molecule has 0 spiro atoms. The van der Waals surface area contributed by atoms with Crippen LogP contribution in [0.3, 0.4) is 0 Å². The SMILES string of the molecule is c1ccc(C2=NC(c3cc(-c4ccc5c(c4)oc4ccccc45)cc4c5ccccc5n(-c5ccccc5)c34)=NC(c3cccc(-c4ccccc4)c3)N2)cc1. The normalized spacial score (nSPS) is 14.2. The first-order valence-corrected chi connectivity index (χ1v) is 18.9. The molecule has 5 nitrogen and oxygen atoms in total. The van der Waals surface area contributed by atoms with Crippen LogP contribution in [0.15, 0.2) is 209 Å². The van der Waals surface area contributed by atoms with E-state index in [1.165, 1.54) is 0 Å². The highest BCUT2D eigenvalue weighted by Gasteiger charge is 2.26. The third kappa shape index (κ3) is 5.40. The summed E-state index contributed by atoms with van der Waals surface area (Å²) in [5, 5.41) is 8.21. The van der Waals surface area contributed by atoms with Crippen LogP contribution in [0.1, 0.15) is 22.9 Å². The van der Waals surface area contributed by atoms with Crippen LogP contribution >= 0.6 is 0 Å². The molecule has 0 fully saturated rings. The first-order chi connectivity index (χ1) is 27.7. The summed E-state index contributed by atoms with van der Waals surface area (Å²) in [6, 6.07) is 68.0. The number of nitrogens with one attached hydrogen (secondary N) is 1. The lowest BCUT2D eigenvalue weighted by Crippen LogP contribution is -2.33. The Morgan fingerprint density at radius 1 is 0.464 bits per heavy atom. The minimum atomic E-state index is -0.387. The molecule has 8 aromatic carbocycles. The largest absolute Gasteiger partial charge is 0.456 e. The summed E-state index contributed by atoms with van der Waals surface area (Å²) >= 11 is 0. The van der Waals surface area contributed by atoms with E-state index in [0.29, 0.717) is 5.84 Å². The van der Waals surface area contributed by atoms with E-state index in [1.54, 1.807) is 0 Å². The van der Waals surface area contributed by atoms with E-state index in [4.69, 9.17) is 14.4 Å². The minimum Gasteiger partial charge on any atom is -0.456 e. The zero-order valence-corrected chi connectivity index (χ0v) is 30.3. The number of hydrogen-bond acceptors (Lipinski definition) is 4. The Bertz CT molecular complexity index is 3160. The average molecular weight is 719 g/mol. The number of nitrogens with zero attached hydrogens (tertiary/aromatic N) is 3. The fourth-order valence-corrected chi connectivity index (χ4v) is 8.19. The molecule has 1 aliphatic heterocycles. The summed E-state index contributed by atoms with van der Waals surface area (Å²) < 4.78 is 8.75. The molecule has 3 heterocycles. The first-order valence-electron chi connectivity index (χ1n) is 18.9. The van der Waals surface area contributed by atoms with Gasteiger partial charge in [-0.05, 0) is 82.4 Å². The fraction of sp³-hybridized carbons (Fsp3) is 0.0196. The van der Waals surface area contributed by atoms with E-state index < -0.39 is 0 Å².